The fourth-order valence-electron chi connectivity index (χ4n) is 0.799. The number of carboxylic acid groups (broad SMARTS) is 1. The number of carbonyl (C=O) groups is 1. The van der Waals surface area contributed by atoms with Crippen LogP contribution in [0.15, 0.2) is 27.8 Å². The standard InChI is InChI=1S/C7H6BrNO4S/c8-5-2-1-3-6(9-5)14(12,13)4-7(10)11/h1-3H,4H2,(H,10,11). The van der Waals surface area contributed by atoms with Crippen LogP contribution in [-0.4, -0.2) is 30.2 Å². The summed E-state index contributed by atoms with van der Waals surface area (Å²) in [6, 6.07) is 4.29. The maximum absolute atomic E-state index is 11.3. The van der Waals surface area contributed by atoms with Gasteiger partial charge in [0.1, 0.15) is 4.60 Å². The molecular weight excluding hydrogens is 274 g/mol. The second-order valence-corrected chi connectivity index (χ2v) is 5.20. The van der Waals surface area contributed by atoms with E-state index in [4.69, 9.17) is 5.11 Å². The maximum Gasteiger partial charge on any atom is 0.319 e. The average molecular weight is 280 g/mol. The van der Waals surface area contributed by atoms with Crippen LogP contribution in [-0.2, 0) is 14.6 Å². The van der Waals surface area contributed by atoms with E-state index in [9.17, 15) is 13.2 Å². The van der Waals surface area contributed by atoms with Gasteiger partial charge in [-0.15, -0.1) is 0 Å². The van der Waals surface area contributed by atoms with E-state index in [0.29, 0.717) is 4.60 Å². The van der Waals surface area contributed by atoms with Crippen molar-refractivity contribution in [3.8, 4) is 0 Å². The topological polar surface area (TPSA) is 84.3 Å². The largest absolute Gasteiger partial charge is 0.480 e. The number of nitrogens with zero attached hydrogens (tertiary/aromatic N) is 1. The van der Waals surface area contributed by atoms with Crippen LogP contribution in [0.1, 0.15) is 0 Å². The highest BCUT2D eigenvalue weighted by atomic mass is 79.9. The van der Waals surface area contributed by atoms with Crippen molar-refractivity contribution in [2.45, 2.75) is 5.03 Å². The van der Waals surface area contributed by atoms with E-state index in [-0.39, 0.29) is 5.03 Å². The van der Waals surface area contributed by atoms with Crippen LogP contribution in [0.4, 0.5) is 0 Å². The molecule has 0 aliphatic rings. The highest BCUT2D eigenvalue weighted by Gasteiger charge is 2.20. The Hall–Kier alpha value is -0.950. The molecule has 7 heteroatoms. The second kappa shape index (κ2) is 4.05. The van der Waals surface area contributed by atoms with Crippen molar-refractivity contribution < 1.29 is 18.3 Å². The highest BCUT2D eigenvalue weighted by molar-refractivity contribution is 9.10. The van der Waals surface area contributed by atoms with Crippen molar-refractivity contribution in [2.24, 2.45) is 0 Å². The van der Waals surface area contributed by atoms with E-state index >= 15 is 0 Å². The number of hydrogen-bond acceptors (Lipinski definition) is 4. The van der Waals surface area contributed by atoms with Gasteiger partial charge in [-0.25, -0.2) is 13.4 Å². The molecule has 0 fully saturated rings. The molecule has 1 aromatic heterocycles. The number of pyridine rings is 1. The van der Waals surface area contributed by atoms with Crippen molar-refractivity contribution in [1.82, 2.24) is 4.98 Å². The van der Waals surface area contributed by atoms with Gasteiger partial charge in [-0.3, -0.25) is 4.79 Å². The molecular formula is C7H6BrNO4S. The highest BCUT2D eigenvalue weighted by Crippen LogP contribution is 2.12. The van der Waals surface area contributed by atoms with Gasteiger partial charge in [-0.1, -0.05) is 6.07 Å². The minimum atomic E-state index is -3.82. The molecule has 0 unspecified atom stereocenters. The number of aliphatic carboxylic acids is 1. The van der Waals surface area contributed by atoms with Gasteiger partial charge in [0.05, 0.1) is 0 Å². The Morgan fingerprint density at radius 3 is 2.64 bits per heavy atom. The van der Waals surface area contributed by atoms with E-state index in [1.54, 1.807) is 6.07 Å². The molecule has 1 rings (SSSR count). The third-order valence-electron chi connectivity index (χ3n) is 1.32. The molecule has 0 amide bonds. The van der Waals surface area contributed by atoms with Crippen LogP contribution in [0.3, 0.4) is 0 Å². The lowest BCUT2D eigenvalue weighted by atomic mass is 10.5. The van der Waals surface area contributed by atoms with Gasteiger partial charge >= 0.3 is 5.97 Å². The van der Waals surface area contributed by atoms with Crippen molar-refractivity contribution in [3.63, 3.8) is 0 Å². The molecule has 0 aliphatic carbocycles. The number of sulfone groups is 1. The maximum atomic E-state index is 11.3. The minimum Gasteiger partial charge on any atom is -0.480 e. The first-order valence-electron chi connectivity index (χ1n) is 3.49. The molecule has 0 saturated carbocycles. The summed E-state index contributed by atoms with van der Waals surface area (Å²) in [5.74, 6) is -2.34. The summed E-state index contributed by atoms with van der Waals surface area (Å²) in [6.45, 7) is 0. The van der Waals surface area contributed by atoms with Gasteiger partial charge < -0.3 is 5.11 Å². The summed E-state index contributed by atoms with van der Waals surface area (Å²) in [5.41, 5.74) is 0. The zero-order valence-corrected chi connectivity index (χ0v) is 9.25. The Morgan fingerprint density at radius 1 is 1.50 bits per heavy atom. The smallest absolute Gasteiger partial charge is 0.319 e. The Kier molecular flexibility index (Phi) is 3.22. The Bertz CT molecular complexity index is 457. The van der Waals surface area contributed by atoms with Crippen molar-refractivity contribution in [3.05, 3.63) is 22.8 Å². The van der Waals surface area contributed by atoms with Crippen LogP contribution in [0, 0.1) is 0 Å². The molecule has 0 radical (unpaired) electrons. The number of carboxylic acids is 1. The first-order chi connectivity index (χ1) is 6.42. The molecule has 1 heterocycles. The number of hydrogen-bond donors (Lipinski definition) is 1. The normalized spacial score (nSPS) is 11.2. The summed E-state index contributed by atoms with van der Waals surface area (Å²) in [4.78, 5) is 13.9. The molecule has 14 heavy (non-hydrogen) atoms. The van der Waals surface area contributed by atoms with Crippen LogP contribution in [0.2, 0.25) is 0 Å². The van der Waals surface area contributed by atoms with E-state index in [2.05, 4.69) is 20.9 Å². The van der Waals surface area contributed by atoms with Crippen LogP contribution in [0.5, 0.6) is 0 Å². The van der Waals surface area contributed by atoms with Crippen molar-refractivity contribution in [1.29, 1.82) is 0 Å². The number of halogens is 1. The van der Waals surface area contributed by atoms with Crippen LogP contribution in [0.25, 0.3) is 0 Å². The molecule has 76 valence electrons. The lowest BCUT2D eigenvalue weighted by Gasteiger charge is -2.00. The number of aromatic nitrogens is 1. The number of rotatable bonds is 3. The zero-order chi connectivity index (χ0) is 10.8. The summed E-state index contributed by atoms with van der Waals surface area (Å²) in [7, 11) is -3.82. The van der Waals surface area contributed by atoms with Crippen molar-refractivity contribution >= 4 is 31.7 Å². The van der Waals surface area contributed by atoms with Gasteiger partial charge in [0, 0.05) is 0 Å². The van der Waals surface area contributed by atoms with Crippen LogP contribution < -0.4 is 0 Å². The fraction of sp³-hybridized carbons (Fsp3) is 0.143. The first-order valence-corrected chi connectivity index (χ1v) is 5.93. The SMILES string of the molecule is O=C(O)CS(=O)(=O)c1cccc(Br)n1. The molecule has 0 aliphatic heterocycles. The lowest BCUT2D eigenvalue weighted by Crippen LogP contribution is -2.16. The predicted molar refractivity (Wildman–Crippen MR) is 51.6 cm³/mol. The molecule has 0 saturated heterocycles. The summed E-state index contributed by atoms with van der Waals surface area (Å²) < 4.78 is 23.0. The average Bonchev–Trinajstić information content (AvgIpc) is 2.01. The molecule has 1 N–H and O–H groups in total. The Balaban J connectivity index is 3.11. The fourth-order valence-corrected chi connectivity index (χ4v) is 2.26. The summed E-state index contributed by atoms with van der Waals surface area (Å²) in [5, 5.41) is 8.12. The van der Waals surface area contributed by atoms with Gasteiger partial charge in [0.2, 0.25) is 9.84 Å². The molecule has 0 aromatic carbocycles. The van der Waals surface area contributed by atoms with Crippen LogP contribution >= 0.6 is 15.9 Å². The lowest BCUT2D eigenvalue weighted by molar-refractivity contribution is -0.134. The van der Waals surface area contributed by atoms with Gasteiger partial charge in [-0.2, -0.15) is 0 Å². The Morgan fingerprint density at radius 2 is 2.14 bits per heavy atom. The molecule has 5 nitrogen and oxygen atoms in total. The first kappa shape index (κ1) is 11.1. The van der Waals surface area contributed by atoms with Gasteiger partial charge in [0.15, 0.2) is 10.8 Å². The zero-order valence-electron chi connectivity index (χ0n) is 6.84. The second-order valence-electron chi connectivity index (χ2n) is 2.45. The van der Waals surface area contributed by atoms with Crippen molar-refractivity contribution in [2.75, 3.05) is 5.75 Å². The molecule has 0 atom stereocenters. The third kappa shape index (κ3) is 2.78. The minimum absolute atomic E-state index is 0.241. The summed E-state index contributed by atoms with van der Waals surface area (Å²) in [6.07, 6.45) is 0. The molecule has 1 aromatic rings. The molecule has 0 spiro atoms. The van der Waals surface area contributed by atoms with Gasteiger partial charge in [0.25, 0.3) is 0 Å². The third-order valence-corrected chi connectivity index (χ3v) is 3.25. The Labute approximate surface area is 88.8 Å². The summed E-state index contributed by atoms with van der Waals surface area (Å²) >= 11 is 3.00. The van der Waals surface area contributed by atoms with E-state index in [0.717, 1.165) is 0 Å². The quantitative estimate of drug-likeness (QED) is 0.824. The van der Waals surface area contributed by atoms with E-state index in [1.807, 2.05) is 0 Å². The molecule has 0 bridgehead atoms. The van der Waals surface area contributed by atoms with E-state index in [1.165, 1.54) is 12.1 Å². The monoisotopic (exact) mass is 279 g/mol. The van der Waals surface area contributed by atoms with Gasteiger partial charge in [-0.05, 0) is 28.1 Å². The predicted octanol–water partition coefficient (Wildman–Crippen LogP) is 0.702. The van der Waals surface area contributed by atoms with E-state index < -0.39 is 21.6 Å².